The van der Waals surface area contributed by atoms with Crippen molar-refractivity contribution in [3.8, 4) is 5.75 Å². The highest BCUT2D eigenvalue weighted by atomic mass is 35.5. The Morgan fingerprint density at radius 3 is 2.57 bits per heavy atom. The van der Waals surface area contributed by atoms with Crippen molar-refractivity contribution >= 4 is 17.3 Å². The number of benzene rings is 2. The van der Waals surface area contributed by atoms with Gasteiger partial charge >= 0.3 is 0 Å². The van der Waals surface area contributed by atoms with Gasteiger partial charge in [-0.3, -0.25) is 0 Å². The van der Waals surface area contributed by atoms with Crippen molar-refractivity contribution in [2.75, 3.05) is 18.5 Å². The monoisotopic (exact) mass is 305 g/mol. The molecule has 21 heavy (non-hydrogen) atoms. The average Bonchev–Trinajstić information content (AvgIpc) is 2.47. The van der Waals surface area contributed by atoms with E-state index in [1.165, 1.54) is 5.56 Å². The second-order valence-electron chi connectivity index (χ2n) is 5.12. The highest BCUT2D eigenvalue weighted by molar-refractivity contribution is 6.30. The molecule has 4 heteroatoms. The van der Waals surface area contributed by atoms with Crippen molar-refractivity contribution in [2.45, 2.75) is 20.0 Å². The van der Waals surface area contributed by atoms with E-state index in [2.05, 4.69) is 23.5 Å². The van der Waals surface area contributed by atoms with Crippen molar-refractivity contribution in [2.24, 2.45) is 0 Å². The molecule has 0 spiro atoms. The zero-order chi connectivity index (χ0) is 15.2. The quantitative estimate of drug-likeness (QED) is 0.853. The van der Waals surface area contributed by atoms with E-state index in [0.717, 1.165) is 11.3 Å². The van der Waals surface area contributed by atoms with Gasteiger partial charge in [-0.15, -0.1) is 0 Å². The predicted octanol–water partition coefficient (Wildman–Crippen LogP) is 3.81. The third-order valence-corrected chi connectivity index (χ3v) is 3.43. The molecule has 0 radical (unpaired) electrons. The molecule has 0 bridgehead atoms. The molecule has 0 aliphatic heterocycles. The largest absolute Gasteiger partial charge is 0.491 e. The first kappa shape index (κ1) is 15.7. The van der Waals surface area contributed by atoms with Crippen molar-refractivity contribution in [3.63, 3.8) is 0 Å². The van der Waals surface area contributed by atoms with Gasteiger partial charge in [-0.1, -0.05) is 23.7 Å². The molecule has 112 valence electrons. The molecule has 2 aromatic rings. The summed E-state index contributed by atoms with van der Waals surface area (Å²) in [6.45, 7) is 4.76. The maximum Gasteiger partial charge on any atom is 0.119 e. The van der Waals surface area contributed by atoms with Crippen LogP contribution in [0.3, 0.4) is 0 Å². The number of rotatable bonds is 6. The second kappa shape index (κ2) is 7.34. The molecular formula is C17H20ClNO2. The molecule has 2 rings (SSSR count). The average molecular weight is 306 g/mol. The van der Waals surface area contributed by atoms with Gasteiger partial charge in [-0.2, -0.15) is 0 Å². The summed E-state index contributed by atoms with van der Waals surface area (Å²) in [6, 6.07) is 13.3. The molecule has 0 aromatic heterocycles. The van der Waals surface area contributed by atoms with E-state index in [9.17, 15) is 5.11 Å². The molecule has 0 saturated heterocycles. The molecule has 3 nitrogen and oxygen atoms in total. The highest BCUT2D eigenvalue weighted by Crippen LogP contribution is 2.17. The van der Waals surface area contributed by atoms with Crippen LogP contribution in [-0.2, 0) is 0 Å². The lowest BCUT2D eigenvalue weighted by Crippen LogP contribution is -2.26. The Kier molecular flexibility index (Phi) is 5.48. The Bertz CT molecular complexity index is 584. The molecule has 0 fully saturated rings. The van der Waals surface area contributed by atoms with Gasteiger partial charge in [0.2, 0.25) is 0 Å². The Morgan fingerprint density at radius 1 is 1.14 bits per heavy atom. The van der Waals surface area contributed by atoms with Crippen LogP contribution in [0.4, 0.5) is 5.69 Å². The van der Waals surface area contributed by atoms with E-state index >= 15 is 0 Å². The number of ether oxygens (including phenoxy) is 1. The molecule has 0 aliphatic carbocycles. The van der Waals surface area contributed by atoms with Gasteiger partial charge < -0.3 is 15.2 Å². The number of aliphatic hydroxyl groups excluding tert-OH is 1. The van der Waals surface area contributed by atoms with Crippen LogP contribution in [0.25, 0.3) is 0 Å². The van der Waals surface area contributed by atoms with Crippen molar-refractivity contribution in [1.82, 2.24) is 0 Å². The molecule has 0 heterocycles. The van der Waals surface area contributed by atoms with E-state index in [1.54, 1.807) is 24.3 Å². The van der Waals surface area contributed by atoms with Gasteiger partial charge in [-0.05, 0) is 55.3 Å². The van der Waals surface area contributed by atoms with Crippen LogP contribution in [0.2, 0.25) is 5.02 Å². The molecular weight excluding hydrogens is 286 g/mol. The summed E-state index contributed by atoms with van der Waals surface area (Å²) in [4.78, 5) is 0. The molecule has 0 amide bonds. The number of hydrogen-bond donors (Lipinski definition) is 2. The number of nitrogens with one attached hydrogen (secondary N) is 1. The lowest BCUT2D eigenvalue weighted by Gasteiger charge is -2.15. The maximum absolute atomic E-state index is 9.97. The Labute approximate surface area is 130 Å². The SMILES string of the molecule is Cc1ccc(C)c(NCC(O)COc2ccc(Cl)cc2)c1. The van der Waals surface area contributed by atoms with Gasteiger partial charge in [0.25, 0.3) is 0 Å². The van der Waals surface area contributed by atoms with Crippen LogP contribution < -0.4 is 10.1 Å². The standard InChI is InChI=1S/C17H20ClNO2/c1-12-3-4-13(2)17(9-12)19-10-15(20)11-21-16-7-5-14(18)6-8-16/h3-9,15,19-20H,10-11H2,1-2H3. The number of hydrogen-bond acceptors (Lipinski definition) is 3. The smallest absolute Gasteiger partial charge is 0.119 e. The zero-order valence-corrected chi connectivity index (χ0v) is 13.0. The van der Waals surface area contributed by atoms with Gasteiger partial charge in [0.1, 0.15) is 18.5 Å². The molecule has 0 aliphatic rings. The third-order valence-electron chi connectivity index (χ3n) is 3.18. The minimum absolute atomic E-state index is 0.236. The summed E-state index contributed by atoms with van der Waals surface area (Å²) < 4.78 is 5.52. The molecule has 1 unspecified atom stereocenters. The van der Waals surface area contributed by atoms with E-state index in [-0.39, 0.29) is 6.61 Å². The van der Waals surface area contributed by atoms with Gasteiger partial charge in [0, 0.05) is 17.3 Å². The number of halogens is 1. The van der Waals surface area contributed by atoms with Gasteiger partial charge in [0.05, 0.1) is 0 Å². The molecule has 2 N–H and O–H groups in total. The molecule has 2 aromatic carbocycles. The fourth-order valence-corrected chi connectivity index (χ4v) is 2.06. The first-order chi connectivity index (χ1) is 10.0. The van der Waals surface area contributed by atoms with Crippen molar-refractivity contribution in [3.05, 3.63) is 58.6 Å². The highest BCUT2D eigenvalue weighted by Gasteiger charge is 2.06. The summed E-state index contributed by atoms with van der Waals surface area (Å²) in [5.41, 5.74) is 3.39. The first-order valence-corrected chi connectivity index (χ1v) is 7.30. The normalized spacial score (nSPS) is 12.0. The first-order valence-electron chi connectivity index (χ1n) is 6.92. The second-order valence-corrected chi connectivity index (χ2v) is 5.55. The van der Waals surface area contributed by atoms with Crippen LogP contribution in [0.1, 0.15) is 11.1 Å². The van der Waals surface area contributed by atoms with Crippen molar-refractivity contribution in [1.29, 1.82) is 0 Å². The van der Waals surface area contributed by atoms with Gasteiger partial charge in [0.15, 0.2) is 0 Å². The van der Waals surface area contributed by atoms with E-state index < -0.39 is 6.10 Å². The van der Waals surface area contributed by atoms with Crippen LogP contribution in [0.5, 0.6) is 5.75 Å². The van der Waals surface area contributed by atoms with E-state index in [1.807, 2.05) is 13.8 Å². The summed E-state index contributed by atoms with van der Waals surface area (Å²) in [6.07, 6.45) is -0.583. The molecule has 0 saturated carbocycles. The summed E-state index contributed by atoms with van der Waals surface area (Å²) >= 11 is 5.80. The fourth-order valence-electron chi connectivity index (χ4n) is 1.94. The Hall–Kier alpha value is -1.71. The topological polar surface area (TPSA) is 41.5 Å². The lowest BCUT2D eigenvalue weighted by atomic mass is 10.1. The minimum atomic E-state index is -0.583. The van der Waals surface area contributed by atoms with Crippen LogP contribution in [-0.4, -0.2) is 24.4 Å². The fraction of sp³-hybridized carbons (Fsp3) is 0.294. The molecule has 1 atom stereocenters. The van der Waals surface area contributed by atoms with Crippen LogP contribution in [0, 0.1) is 13.8 Å². The summed E-state index contributed by atoms with van der Waals surface area (Å²) in [7, 11) is 0. The van der Waals surface area contributed by atoms with Crippen LogP contribution >= 0.6 is 11.6 Å². The van der Waals surface area contributed by atoms with Crippen molar-refractivity contribution < 1.29 is 9.84 Å². The zero-order valence-electron chi connectivity index (χ0n) is 12.3. The minimum Gasteiger partial charge on any atom is -0.491 e. The van der Waals surface area contributed by atoms with E-state index in [0.29, 0.717) is 17.3 Å². The number of aryl methyl sites for hydroxylation is 2. The number of anilines is 1. The Morgan fingerprint density at radius 2 is 1.86 bits per heavy atom. The van der Waals surface area contributed by atoms with Crippen LogP contribution in [0.15, 0.2) is 42.5 Å². The maximum atomic E-state index is 9.97. The third kappa shape index (κ3) is 4.96. The van der Waals surface area contributed by atoms with E-state index in [4.69, 9.17) is 16.3 Å². The summed E-state index contributed by atoms with van der Waals surface area (Å²) in [5, 5.41) is 13.9. The summed E-state index contributed by atoms with van der Waals surface area (Å²) in [5.74, 6) is 0.699. The predicted molar refractivity (Wildman–Crippen MR) is 87.4 cm³/mol. The van der Waals surface area contributed by atoms with Gasteiger partial charge in [-0.25, -0.2) is 0 Å². The lowest BCUT2D eigenvalue weighted by molar-refractivity contribution is 0.117. The number of aliphatic hydroxyl groups is 1. The Balaban J connectivity index is 1.80.